The Morgan fingerprint density at radius 1 is 0.841 bits per heavy atom. The normalized spacial score (nSPS) is 11.8. The molecule has 2 rings (SSSR count). The molecule has 258 valence electrons. The van der Waals surface area contributed by atoms with Crippen LogP contribution < -0.4 is 0 Å². The van der Waals surface area contributed by atoms with Gasteiger partial charge in [-0.2, -0.15) is 0 Å². The zero-order valence-corrected chi connectivity index (χ0v) is 33.3. The second-order valence-electron chi connectivity index (χ2n) is 11.0. The van der Waals surface area contributed by atoms with E-state index in [2.05, 4.69) is 113 Å². The summed E-state index contributed by atoms with van der Waals surface area (Å²) in [6, 6.07) is 6.86. The molecule has 1 unspecified atom stereocenters. The van der Waals surface area contributed by atoms with Crippen molar-refractivity contribution in [3.63, 3.8) is 0 Å². The van der Waals surface area contributed by atoms with Gasteiger partial charge in [-0.1, -0.05) is 181 Å². The predicted molar refractivity (Wildman–Crippen MR) is 214 cm³/mol. The Balaban J connectivity index is -0.000000118. The van der Waals surface area contributed by atoms with Crippen LogP contribution in [0.2, 0.25) is 0 Å². The smallest absolute Gasteiger partial charge is 0.00613 e. The monoisotopic (exact) mass is 611 g/mol. The van der Waals surface area contributed by atoms with E-state index in [0.717, 1.165) is 25.2 Å². The molecule has 0 fully saturated rings. The van der Waals surface area contributed by atoms with Gasteiger partial charge in [0, 0.05) is 0 Å². The van der Waals surface area contributed by atoms with Gasteiger partial charge in [0.25, 0.3) is 0 Å². The Morgan fingerprint density at radius 3 is 1.75 bits per heavy atom. The highest BCUT2D eigenvalue weighted by molar-refractivity contribution is 5.41. The molecule has 0 bridgehead atoms. The van der Waals surface area contributed by atoms with E-state index in [0.29, 0.717) is 5.41 Å². The molecule has 0 aromatic heterocycles. The minimum absolute atomic E-state index is 0.306. The minimum Gasteiger partial charge on any atom is -0.106 e. The van der Waals surface area contributed by atoms with Crippen molar-refractivity contribution >= 4 is 0 Å². The molecule has 0 amide bonds. The Labute approximate surface area is 281 Å². The summed E-state index contributed by atoms with van der Waals surface area (Å²) < 4.78 is 0. The standard InChI is InChI=1S/C18H22.C10H20.C6H12.4C2H6.C2H4/c1-5-13(2)10-16-8-9-17-11-14(3)6-7-18(17)12-15(16)4;1-4-6-7-9-10(3)8-5-2;1-5-6(2,3)4;5*1-2/h5-7,10-11H,1,8-9,12H2,2-4H3;5,10H,2,4,6-9H2,1,3H3;5H,1H2,2-4H3;4*1-2H3;1-2H2/b13-10-;;;;;;;. The summed E-state index contributed by atoms with van der Waals surface area (Å²) in [5.74, 6) is 0.851. The van der Waals surface area contributed by atoms with Gasteiger partial charge in [-0.25, -0.2) is 0 Å². The van der Waals surface area contributed by atoms with Gasteiger partial charge in [0.15, 0.2) is 0 Å². The highest BCUT2D eigenvalue weighted by Crippen LogP contribution is 2.27. The lowest BCUT2D eigenvalue weighted by molar-refractivity contribution is 0.501. The maximum absolute atomic E-state index is 3.83. The van der Waals surface area contributed by atoms with Crippen LogP contribution in [0.25, 0.3) is 0 Å². The number of unbranched alkanes of at least 4 members (excludes halogenated alkanes) is 2. The van der Waals surface area contributed by atoms with E-state index < -0.39 is 0 Å². The van der Waals surface area contributed by atoms with Gasteiger partial charge in [-0.3, -0.25) is 0 Å². The van der Waals surface area contributed by atoms with Crippen molar-refractivity contribution < 1.29 is 0 Å². The van der Waals surface area contributed by atoms with Crippen LogP contribution >= 0.6 is 0 Å². The predicted octanol–water partition coefficient (Wildman–Crippen LogP) is 15.8. The van der Waals surface area contributed by atoms with Crippen molar-refractivity contribution in [3.05, 3.63) is 109 Å². The largest absolute Gasteiger partial charge is 0.106 e. The topological polar surface area (TPSA) is 0 Å². The molecule has 0 heterocycles. The lowest BCUT2D eigenvalue weighted by atomic mass is 9.98. The van der Waals surface area contributed by atoms with E-state index in [-0.39, 0.29) is 0 Å². The third-order valence-electron chi connectivity index (χ3n) is 6.23. The molecule has 1 aliphatic rings. The summed E-state index contributed by atoms with van der Waals surface area (Å²) in [6.45, 7) is 50.7. The number of benzene rings is 1. The lowest BCUT2D eigenvalue weighted by Gasteiger charge is -2.08. The first-order valence-electron chi connectivity index (χ1n) is 17.8. The van der Waals surface area contributed by atoms with Gasteiger partial charge in [-0.05, 0) is 74.5 Å². The second-order valence-corrected chi connectivity index (χ2v) is 11.0. The number of fused-ring (bicyclic) bond motifs is 1. The van der Waals surface area contributed by atoms with E-state index in [4.69, 9.17) is 0 Å². The molecule has 0 nitrogen and oxygen atoms in total. The highest BCUT2D eigenvalue weighted by Gasteiger charge is 2.12. The fraction of sp³-hybridized carbons (Fsp3) is 0.591. The van der Waals surface area contributed by atoms with E-state index in [9.17, 15) is 0 Å². The lowest BCUT2D eigenvalue weighted by Crippen LogP contribution is -1.96. The summed E-state index contributed by atoms with van der Waals surface area (Å²) in [6.07, 6.45) is 18.3. The van der Waals surface area contributed by atoms with E-state index >= 15 is 0 Å². The number of allylic oxidation sites excluding steroid dienone is 7. The van der Waals surface area contributed by atoms with Crippen LogP contribution in [-0.4, -0.2) is 0 Å². The molecule has 1 aromatic carbocycles. The maximum Gasteiger partial charge on any atom is -0.00613 e. The van der Waals surface area contributed by atoms with E-state index in [1.54, 1.807) is 0 Å². The van der Waals surface area contributed by atoms with Crippen molar-refractivity contribution in [2.75, 3.05) is 0 Å². The average Bonchev–Trinajstić information content (AvgIpc) is 3.20. The third kappa shape index (κ3) is 35.9. The van der Waals surface area contributed by atoms with Gasteiger partial charge in [0.05, 0.1) is 0 Å². The molecule has 0 saturated carbocycles. The van der Waals surface area contributed by atoms with E-state index in [1.807, 2.05) is 73.6 Å². The van der Waals surface area contributed by atoms with Gasteiger partial charge in [-0.15, -0.1) is 26.3 Å². The number of hydrogen-bond acceptors (Lipinski definition) is 0. The first-order valence-corrected chi connectivity index (χ1v) is 17.8. The summed E-state index contributed by atoms with van der Waals surface area (Å²) in [5, 5.41) is 0. The Kier molecular flexibility index (Phi) is 50.1. The molecule has 0 heteroatoms. The van der Waals surface area contributed by atoms with Crippen molar-refractivity contribution in [2.45, 2.75) is 162 Å². The van der Waals surface area contributed by atoms with Crippen molar-refractivity contribution in [1.82, 2.24) is 0 Å². The van der Waals surface area contributed by atoms with Crippen LogP contribution in [0.1, 0.15) is 159 Å². The molecule has 1 aromatic rings. The summed E-state index contributed by atoms with van der Waals surface area (Å²) in [7, 11) is 0. The molecule has 1 atom stereocenters. The molecule has 0 spiro atoms. The van der Waals surface area contributed by atoms with Gasteiger partial charge < -0.3 is 0 Å². The second kappa shape index (κ2) is 40.7. The third-order valence-corrected chi connectivity index (χ3v) is 6.23. The van der Waals surface area contributed by atoms with Gasteiger partial charge >= 0.3 is 0 Å². The number of rotatable bonds is 8. The highest BCUT2D eigenvalue weighted by atomic mass is 14.2. The van der Waals surface area contributed by atoms with Crippen LogP contribution in [0, 0.1) is 18.3 Å². The SMILES string of the molecule is C=C.C=C/C(C)=C\C1=C(C)Cc2ccc(C)cc2CC1.C=CC(C)(C)C.C=CCC(C)CCCCC.CC.CC.CC.CC. The van der Waals surface area contributed by atoms with Crippen LogP contribution in [0.5, 0.6) is 0 Å². The van der Waals surface area contributed by atoms with Crippen molar-refractivity contribution in [3.8, 4) is 0 Å². The first kappa shape index (κ1) is 54.2. The zero-order chi connectivity index (χ0) is 36.1. The van der Waals surface area contributed by atoms with Crippen LogP contribution in [-0.2, 0) is 12.8 Å². The molecular formula is C44H82. The maximum atomic E-state index is 3.83. The van der Waals surface area contributed by atoms with Crippen molar-refractivity contribution in [1.29, 1.82) is 0 Å². The molecule has 1 aliphatic carbocycles. The molecule has 0 N–H and O–H groups in total. The average molecular weight is 611 g/mol. The number of hydrogen-bond donors (Lipinski definition) is 0. The quantitative estimate of drug-likeness (QED) is 0.156. The molecule has 0 aliphatic heterocycles. The molecule has 0 saturated heterocycles. The Bertz CT molecular complexity index is 822. The van der Waals surface area contributed by atoms with Crippen LogP contribution in [0.4, 0.5) is 0 Å². The summed E-state index contributed by atoms with van der Waals surface area (Å²) in [4.78, 5) is 0. The van der Waals surface area contributed by atoms with Crippen LogP contribution in [0.15, 0.2) is 92.1 Å². The fourth-order valence-electron chi connectivity index (χ4n) is 3.72. The van der Waals surface area contributed by atoms with Crippen molar-refractivity contribution in [2.24, 2.45) is 11.3 Å². The Morgan fingerprint density at radius 2 is 1.34 bits per heavy atom. The first-order chi connectivity index (χ1) is 21.0. The zero-order valence-electron chi connectivity index (χ0n) is 33.3. The summed E-state index contributed by atoms with van der Waals surface area (Å²) in [5.41, 5.74) is 8.94. The molecular weight excluding hydrogens is 528 g/mol. The van der Waals surface area contributed by atoms with Gasteiger partial charge in [0.1, 0.15) is 0 Å². The van der Waals surface area contributed by atoms with Gasteiger partial charge in [0.2, 0.25) is 0 Å². The molecule has 44 heavy (non-hydrogen) atoms. The minimum atomic E-state index is 0.306. The molecule has 0 radical (unpaired) electrons. The van der Waals surface area contributed by atoms with E-state index in [1.165, 1.54) is 65.5 Å². The fourth-order valence-corrected chi connectivity index (χ4v) is 3.72. The van der Waals surface area contributed by atoms with Crippen LogP contribution in [0.3, 0.4) is 0 Å². The Hall–Kier alpha value is -2.34. The summed E-state index contributed by atoms with van der Waals surface area (Å²) >= 11 is 0. The number of aryl methyl sites for hydroxylation is 2.